The van der Waals surface area contributed by atoms with E-state index in [0.29, 0.717) is 5.75 Å². The number of benzene rings is 1. The summed E-state index contributed by atoms with van der Waals surface area (Å²) in [6.45, 7) is 2.69. The van der Waals surface area contributed by atoms with E-state index in [0.717, 1.165) is 30.8 Å². The smallest absolute Gasteiger partial charge is 0.126 e. The molecular formula is C15H20O3. The van der Waals surface area contributed by atoms with Gasteiger partial charge >= 0.3 is 0 Å². The minimum absolute atomic E-state index is 0.105. The van der Waals surface area contributed by atoms with Crippen LogP contribution in [0, 0.1) is 6.92 Å². The molecule has 0 amide bonds. The fourth-order valence-electron chi connectivity index (χ4n) is 2.91. The molecule has 1 saturated heterocycles. The van der Waals surface area contributed by atoms with E-state index in [1.165, 1.54) is 19.3 Å². The zero-order valence-corrected chi connectivity index (χ0v) is 10.8. The Bertz CT molecular complexity index is 437. The first-order valence-corrected chi connectivity index (χ1v) is 6.78. The Hall–Kier alpha value is -1.22. The highest BCUT2D eigenvalue weighted by Gasteiger charge is 2.43. The van der Waals surface area contributed by atoms with E-state index in [-0.39, 0.29) is 11.7 Å². The van der Waals surface area contributed by atoms with Crippen molar-refractivity contribution in [2.24, 2.45) is 0 Å². The predicted molar refractivity (Wildman–Crippen MR) is 69.0 cm³/mol. The molecule has 18 heavy (non-hydrogen) atoms. The van der Waals surface area contributed by atoms with Gasteiger partial charge in [-0.1, -0.05) is 6.07 Å². The van der Waals surface area contributed by atoms with Crippen LogP contribution < -0.4 is 4.74 Å². The first kappa shape index (κ1) is 11.8. The van der Waals surface area contributed by atoms with Gasteiger partial charge in [-0.2, -0.15) is 0 Å². The van der Waals surface area contributed by atoms with Crippen molar-refractivity contribution >= 4 is 0 Å². The van der Waals surface area contributed by atoms with Gasteiger partial charge in [-0.25, -0.2) is 0 Å². The largest absolute Gasteiger partial charge is 0.508 e. The minimum atomic E-state index is 0.105. The van der Waals surface area contributed by atoms with Gasteiger partial charge in [0.2, 0.25) is 0 Å². The van der Waals surface area contributed by atoms with Crippen LogP contribution in [0.2, 0.25) is 0 Å². The lowest BCUT2D eigenvalue weighted by Crippen LogP contribution is -2.48. The Morgan fingerprint density at radius 2 is 2.22 bits per heavy atom. The van der Waals surface area contributed by atoms with Gasteiger partial charge in [0.1, 0.15) is 17.6 Å². The molecule has 2 fully saturated rings. The third-order valence-corrected chi connectivity index (χ3v) is 4.26. The molecule has 1 aromatic rings. The molecule has 1 unspecified atom stereocenters. The number of aromatic hydroxyl groups is 1. The number of rotatable bonds is 2. The lowest BCUT2D eigenvalue weighted by molar-refractivity contribution is -0.153. The molecule has 0 aromatic heterocycles. The molecule has 1 aromatic carbocycles. The molecule has 3 rings (SSSR count). The molecule has 1 atom stereocenters. The topological polar surface area (TPSA) is 38.7 Å². The Balaban J connectivity index is 1.70. The van der Waals surface area contributed by atoms with Gasteiger partial charge in [-0.05, 0) is 38.3 Å². The Morgan fingerprint density at radius 3 is 2.94 bits per heavy atom. The number of ether oxygens (including phenoxy) is 2. The summed E-state index contributed by atoms with van der Waals surface area (Å²) in [5.41, 5.74) is 0.930. The van der Waals surface area contributed by atoms with E-state index in [9.17, 15) is 5.11 Å². The summed E-state index contributed by atoms with van der Waals surface area (Å²) in [6.07, 6.45) is 5.77. The van der Waals surface area contributed by atoms with Crippen molar-refractivity contribution in [2.75, 3.05) is 6.61 Å². The van der Waals surface area contributed by atoms with Crippen molar-refractivity contribution < 1.29 is 14.6 Å². The van der Waals surface area contributed by atoms with Crippen LogP contribution in [0.25, 0.3) is 0 Å². The lowest BCUT2D eigenvalue weighted by atomic mass is 9.74. The molecule has 1 heterocycles. The van der Waals surface area contributed by atoms with E-state index in [1.54, 1.807) is 6.07 Å². The summed E-state index contributed by atoms with van der Waals surface area (Å²) in [4.78, 5) is 0. The third-order valence-electron chi connectivity index (χ3n) is 4.26. The molecule has 0 bridgehead atoms. The number of phenolic OH excluding ortho intramolecular Hbond substituents is 1. The second-order valence-corrected chi connectivity index (χ2v) is 5.52. The maximum atomic E-state index is 9.68. The minimum Gasteiger partial charge on any atom is -0.508 e. The molecule has 1 spiro atoms. The molecule has 3 heteroatoms. The van der Waals surface area contributed by atoms with Crippen LogP contribution >= 0.6 is 0 Å². The molecule has 1 N–H and O–H groups in total. The highest BCUT2D eigenvalue weighted by atomic mass is 16.5. The van der Waals surface area contributed by atoms with Crippen LogP contribution in [0.4, 0.5) is 0 Å². The maximum Gasteiger partial charge on any atom is 0.126 e. The van der Waals surface area contributed by atoms with Crippen molar-refractivity contribution in [3.05, 3.63) is 23.8 Å². The molecule has 3 nitrogen and oxygen atoms in total. The first-order valence-electron chi connectivity index (χ1n) is 6.78. The van der Waals surface area contributed by atoms with Crippen LogP contribution in [-0.4, -0.2) is 23.4 Å². The highest BCUT2D eigenvalue weighted by Crippen LogP contribution is 2.43. The SMILES string of the molecule is Cc1c(O)cccc1OC1CCOC2(CCC2)C1. The van der Waals surface area contributed by atoms with Gasteiger partial charge in [-0.3, -0.25) is 0 Å². The molecule has 2 aliphatic rings. The van der Waals surface area contributed by atoms with E-state index >= 15 is 0 Å². The lowest BCUT2D eigenvalue weighted by Gasteiger charge is -2.47. The first-order chi connectivity index (χ1) is 8.69. The molecular weight excluding hydrogens is 228 g/mol. The van der Waals surface area contributed by atoms with E-state index < -0.39 is 0 Å². The monoisotopic (exact) mass is 248 g/mol. The number of hydrogen-bond donors (Lipinski definition) is 1. The van der Waals surface area contributed by atoms with Crippen LogP contribution in [0.5, 0.6) is 11.5 Å². The van der Waals surface area contributed by atoms with E-state index in [4.69, 9.17) is 9.47 Å². The highest BCUT2D eigenvalue weighted by molar-refractivity contribution is 5.42. The molecule has 1 saturated carbocycles. The van der Waals surface area contributed by atoms with Gasteiger partial charge in [0, 0.05) is 18.4 Å². The number of hydrogen-bond acceptors (Lipinski definition) is 3. The van der Waals surface area contributed by atoms with Crippen molar-refractivity contribution in [1.82, 2.24) is 0 Å². The van der Waals surface area contributed by atoms with Crippen molar-refractivity contribution in [3.8, 4) is 11.5 Å². The summed E-state index contributed by atoms with van der Waals surface area (Å²) in [5, 5.41) is 9.68. The fraction of sp³-hybridized carbons (Fsp3) is 0.600. The Morgan fingerprint density at radius 1 is 1.39 bits per heavy atom. The zero-order valence-electron chi connectivity index (χ0n) is 10.8. The summed E-state index contributed by atoms with van der Waals surface area (Å²) in [7, 11) is 0. The second-order valence-electron chi connectivity index (χ2n) is 5.52. The molecule has 0 radical (unpaired) electrons. The third kappa shape index (κ3) is 2.07. The average molecular weight is 248 g/mol. The number of phenols is 1. The Labute approximate surface area is 108 Å². The Kier molecular flexibility index (Phi) is 2.94. The van der Waals surface area contributed by atoms with Crippen LogP contribution in [-0.2, 0) is 4.74 Å². The quantitative estimate of drug-likeness (QED) is 0.873. The standard InChI is InChI=1S/C15H20O3/c1-11-13(16)4-2-5-14(11)18-12-6-9-17-15(10-12)7-3-8-15/h2,4-5,12,16H,3,6-10H2,1H3. The van der Waals surface area contributed by atoms with Gasteiger partial charge in [0.25, 0.3) is 0 Å². The second kappa shape index (κ2) is 4.47. The predicted octanol–water partition coefficient (Wildman–Crippen LogP) is 3.18. The van der Waals surface area contributed by atoms with E-state index in [2.05, 4.69) is 0 Å². The summed E-state index contributed by atoms with van der Waals surface area (Å²) in [5.74, 6) is 1.11. The van der Waals surface area contributed by atoms with E-state index in [1.807, 2.05) is 19.1 Å². The van der Waals surface area contributed by atoms with Gasteiger partial charge in [0.15, 0.2) is 0 Å². The van der Waals surface area contributed by atoms with Crippen LogP contribution in [0.15, 0.2) is 18.2 Å². The van der Waals surface area contributed by atoms with Crippen molar-refractivity contribution in [1.29, 1.82) is 0 Å². The fourth-order valence-corrected chi connectivity index (χ4v) is 2.91. The van der Waals surface area contributed by atoms with Crippen molar-refractivity contribution in [3.63, 3.8) is 0 Å². The average Bonchev–Trinajstić information content (AvgIpc) is 2.34. The molecule has 98 valence electrons. The molecule has 1 aliphatic heterocycles. The molecule has 1 aliphatic carbocycles. The van der Waals surface area contributed by atoms with Gasteiger partial charge in [-0.15, -0.1) is 0 Å². The van der Waals surface area contributed by atoms with Crippen LogP contribution in [0.3, 0.4) is 0 Å². The normalized spacial score (nSPS) is 25.7. The van der Waals surface area contributed by atoms with Gasteiger partial charge in [0.05, 0.1) is 12.2 Å². The zero-order chi connectivity index (χ0) is 12.6. The van der Waals surface area contributed by atoms with Crippen LogP contribution in [0.1, 0.15) is 37.7 Å². The van der Waals surface area contributed by atoms with Crippen molar-refractivity contribution in [2.45, 2.75) is 50.7 Å². The van der Waals surface area contributed by atoms with Gasteiger partial charge < -0.3 is 14.6 Å². The summed E-state index contributed by atoms with van der Waals surface area (Å²) in [6, 6.07) is 5.45. The summed E-state index contributed by atoms with van der Waals surface area (Å²) < 4.78 is 12.0. The summed E-state index contributed by atoms with van der Waals surface area (Å²) >= 11 is 0. The maximum absolute atomic E-state index is 9.68.